The zero-order chi connectivity index (χ0) is 13.1. The van der Waals surface area contributed by atoms with Crippen LogP contribution in [0.2, 0.25) is 5.02 Å². The number of nitrogens with zero attached hydrogens (tertiary/aromatic N) is 1. The summed E-state index contributed by atoms with van der Waals surface area (Å²) in [5, 5.41) is 9.43. The molecule has 18 heavy (non-hydrogen) atoms. The number of rotatable bonds is 4. The molecule has 1 aliphatic heterocycles. The Hall–Kier alpha value is -1.06. The van der Waals surface area contributed by atoms with Crippen molar-refractivity contribution < 1.29 is 9.90 Å². The van der Waals surface area contributed by atoms with Crippen LogP contribution in [0.4, 0.5) is 0 Å². The molecule has 1 heterocycles. The number of hydrogen-bond acceptors (Lipinski definition) is 2. The van der Waals surface area contributed by atoms with Crippen molar-refractivity contribution in [2.24, 2.45) is 5.92 Å². The maximum Gasteiger partial charge on any atom is 0.335 e. The molecule has 1 unspecified atom stereocenters. The highest BCUT2D eigenvalue weighted by Crippen LogP contribution is 2.24. The number of halogens is 1. The van der Waals surface area contributed by atoms with E-state index >= 15 is 0 Å². The predicted octanol–water partition coefficient (Wildman–Crippen LogP) is 3.27. The molecule has 1 saturated heterocycles. The summed E-state index contributed by atoms with van der Waals surface area (Å²) < 4.78 is 0. The summed E-state index contributed by atoms with van der Waals surface area (Å²) in [5.41, 5.74) is 1.26. The van der Waals surface area contributed by atoms with Gasteiger partial charge in [-0.1, -0.05) is 31.0 Å². The van der Waals surface area contributed by atoms with E-state index in [1.165, 1.54) is 18.9 Å². The van der Waals surface area contributed by atoms with E-state index in [-0.39, 0.29) is 5.56 Å². The zero-order valence-electron chi connectivity index (χ0n) is 10.5. The summed E-state index contributed by atoms with van der Waals surface area (Å²) >= 11 is 6.13. The average molecular weight is 268 g/mol. The molecule has 0 aliphatic carbocycles. The summed E-state index contributed by atoms with van der Waals surface area (Å²) in [6.07, 6.45) is 2.48. The molecule has 0 saturated carbocycles. The molecule has 0 aromatic heterocycles. The Morgan fingerprint density at radius 2 is 2.33 bits per heavy atom. The van der Waals surface area contributed by atoms with Crippen molar-refractivity contribution >= 4 is 17.6 Å². The van der Waals surface area contributed by atoms with Crippen molar-refractivity contribution in [3.8, 4) is 0 Å². The molecular formula is C14H18ClNO2. The van der Waals surface area contributed by atoms with Gasteiger partial charge in [0, 0.05) is 18.1 Å². The van der Waals surface area contributed by atoms with Gasteiger partial charge in [0.25, 0.3) is 0 Å². The number of carboxylic acid groups (broad SMARTS) is 1. The third-order valence-electron chi connectivity index (χ3n) is 3.64. The number of aromatic carboxylic acids is 1. The van der Waals surface area contributed by atoms with Gasteiger partial charge in [-0.05, 0) is 36.6 Å². The van der Waals surface area contributed by atoms with Crippen molar-refractivity contribution in [3.63, 3.8) is 0 Å². The van der Waals surface area contributed by atoms with E-state index < -0.39 is 5.97 Å². The van der Waals surface area contributed by atoms with E-state index in [2.05, 4.69) is 11.8 Å². The van der Waals surface area contributed by atoms with Crippen molar-refractivity contribution in [1.29, 1.82) is 0 Å². The maximum absolute atomic E-state index is 10.8. The molecule has 1 fully saturated rings. The predicted molar refractivity (Wildman–Crippen MR) is 72.1 cm³/mol. The number of likely N-dealkylation sites (tertiary alicyclic amines) is 1. The zero-order valence-corrected chi connectivity index (χ0v) is 11.3. The lowest BCUT2D eigenvalue weighted by atomic mass is 10.1. The van der Waals surface area contributed by atoms with Crippen LogP contribution in [0.25, 0.3) is 0 Å². The third-order valence-corrected chi connectivity index (χ3v) is 3.99. The van der Waals surface area contributed by atoms with E-state index in [1.807, 2.05) is 6.07 Å². The van der Waals surface area contributed by atoms with Gasteiger partial charge >= 0.3 is 5.97 Å². The minimum absolute atomic E-state index is 0.247. The van der Waals surface area contributed by atoms with Crippen molar-refractivity contribution in [2.75, 3.05) is 13.1 Å². The second-order valence-corrected chi connectivity index (χ2v) is 5.32. The van der Waals surface area contributed by atoms with Gasteiger partial charge in [0.15, 0.2) is 0 Å². The Morgan fingerprint density at radius 1 is 1.56 bits per heavy atom. The van der Waals surface area contributed by atoms with Gasteiger partial charge in [0.1, 0.15) is 0 Å². The number of carbonyl (C=O) groups is 1. The van der Waals surface area contributed by atoms with Crippen LogP contribution in [-0.4, -0.2) is 29.1 Å². The van der Waals surface area contributed by atoms with Crippen LogP contribution >= 0.6 is 11.6 Å². The van der Waals surface area contributed by atoms with Crippen LogP contribution in [0, 0.1) is 5.92 Å². The Labute approximate surface area is 112 Å². The Kier molecular flexibility index (Phi) is 4.25. The molecule has 0 bridgehead atoms. The van der Waals surface area contributed by atoms with Crippen molar-refractivity contribution in [3.05, 3.63) is 34.3 Å². The fraction of sp³-hybridized carbons (Fsp3) is 0.500. The fourth-order valence-electron chi connectivity index (χ4n) is 2.44. The molecule has 1 N–H and O–H groups in total. The average Bonchev–Trinajstić information content (AvgIpc) is 2.79. The molecule has 1 aromatic carbocycles. The first kappa shape index (κ1) is 13.4. The quantitative estimate of drug-likeness (QED) is 0.910. The van der Waals surface area contributed by atoms with Crippen LogP contribution in [0.1, 0.15) is 35.7 Å². The molecule has 98 valence electrons. The molecule has 3 nitrogen and oxygen atoms in total. The summed E-state index contributed by atoms with van der Waals surface area (Å²) in [4.78, 5) is 13.2. The van der Waals surface area contributed by atoms with Gasteiger partial charge in [0.2, 0.25) is 0 Å². The topological polar surface area (TPSA) is 40.5 Å². The molecule has 4 heteroatoms. The van der Waals surface area contributed by atoms with Crippen molar-refractivity contribution in [1.82, 2.24) is 4.90 Å². The first-order valence-corrected chi connectivity index (χ1v) is 6.72. The highest BCUT2D eigenvalue weighted by molar-refractivity contribution is 6.31. The van der Waals surface area contributed by atoms with Gasteiger partial charge in [-0.3, -0.25) is 4.90 Å². The van der Waals surface area contributed by atoms with E-state index in [0.717, 1.165) is 31.1 Å². The SMILES string of the molecule is CCC1CCN(Cc2ccc(C(=O)O)cc2Cl)C1. The van der Waals surface area contributed by atoms with Crippen LogP contribution < -0.4 is 0 Å². The molecule has 0 radical (unpaired) electrons. The van der Waals surface area contributed by atoms with Crippen LogP contribution in [-0.2, 0) is 6.54 Å². The minimum atomic E-state index is -0.935. The Morgan fingerprint density at radius 3 is 2.89 bits per heavy atom. The first-order valence-electron chi connectivity index (χ1n) is 6.34. The first-order chi connectivity index (χ1) is 8.60. The van der Waals surface area contributed by atoms with E-state index in [0.29, 0.717) is 5.02 Å². The number of carboxylic acids is 1. The smallest absolute Gasteiger partial charge is 0.335 e. The minimum Gasteiger partial charge on any atom is -0.478 e. The Balaban J connectivity index is 2.04. The van der Waals surface area contributed by atoms with Gasteiger partial charge in [-0.15, -0.1) is 0 Å². The largest absolute Gasteiger partial charge is 0.478 e. The molecule has 1 aliphatic rings. The van der Waals surface area contributed by atoms with Gasteiger partial charge < -0.3 is 5.11 Å². The highest BCUT2D eigenvalue weighted by atomic mass is 35.5. The number of hydrogen-bond donors (Lipinski definition) is 1. The van der Waals surface area contributed by atoms with Crippen LogP contribution in [0.15, 0.2) is 18.2 Å². The molecule has 0 spiro atoms. The fourth-order valence-corrected chi connectivity index (χ4v) is 2.68. The molecule has 2 rings (SSSR count). The molecule has 1 aromatic rings. The summed E-state index contributed by atoms with van der Waals surface area (Å²) in [5.74, 6) is -0.141. The lowest BCUT2D eigenvalue weighted by molar-refractivity contribution is 0.0697. The third kappa shape index (κ3) is 3.03. The summed E-state index contributed by atoms with van der Waals surface area (Å²) in [7, 11) is 0. The number of benzene rings is 1. The van der Waals surface area contributed by atoms with E-state index in [4.69, 9.17) is 16.7 Å². The second kappa shape index (κ2) is 5.72. The van der Waals surface area contributed by atoms with Gasteiger partial charge in [0.05, 0.1) is 5.56 Å². The molecule has 1 atom stereocenters. The summed E-state index contributed by atoms with van der Waals surface area (Å²) in [6, 6.07) is 4.98. The van der Waals surface area contributed by atoms with E-state index in [1.54, 1.807) is 6.07 Å². The second-order valence-electron chi connectivity index (χ2n) is 4.91. The van der Waals surface area contributed by atoms with Gasteiger partial charge in [-0.25, -0.2) is 4.79 Å². The molecule has 0 amide bonds. The van der Waals surface area contributed by atoms with Crippen molar-refractivity contribution in [2.45, 2.75) is 26.3 Å². The standard InChI is InChI=1S/C14H18ClNO2/c1-2-10-5-6-16(8-10)9-12-4-3-11(14(17)18)7-13(12)15/h3-4,7,10H,2,5-6,8-9H2,1H3,(H,17,18). The lowest BCUT2D eigenvalue weighted by Crippen LogP contribution is -2.20. The van der Waals surface area contributed by atoms with Crippen LogP contribution in [0.5, 0.6) is 0 Å². The lowest BCUT2D eigenvalue weighted by Gasteiger charge is -2.16. The summed E-state index contributed by atoms with van der Waals surface area (Å²) in [6.45, 7) is 5.26. The van der Waals surface area contributed by atoms with Crippen LogP contribution in [0.3, 0.4) is 0 Å². The highest BCUT2D eigenvalue weighted by Gasteiger charge is 2.21. The Bertz CT molecular complexity index is 447. The van der Waals surface area contributed by atoms with Gasteiger partial charge in [-0.2, -0.15) is 0 Å². The van der Waals surface area contributed by atoms with E-state index in [9.17, 15) is 4.79 Å². The monoisotopic (exact) mass is 267 g/mol. The normalized spacial score (nSPS) is 20.2. The maximum atomic E-state index is 10.8. The molecular weight excluding hydrogens is 250 g/mol.